The Hall–Kier alpha value is -3.52. The molecule has 0 unspecified atom stereocenters. The average Bonchev–Trinajstić information content (AvgIpc) is 3.30. The van der Waals surface area contributed by atoms with E-state index >= 15 is 0 Å². The number of hydrogen-bond acceptors (Lipinski definition) is 5. The molecular weight excluding hydrogens is 436 g/mol. The first kappa shape index (κ1) is 21.3. The third-order valence-electron chi connectivity index (χ3n) is 6.23. The molecule has 0 saturated heterocycles. The Morgan fingerprint density at radius 3 is 2.64 bits per heavy atom. The van der Waals surface area contributed by atoms with Crippen molar-refractivity contribution in [3.05, 3.63) is 80.6 Å². The number of carbonyl (C=O) groups is 2. The van der Waals surface area contributed by atoms with E-state index in [-0.39, 0.29) is 17.9 Å². The Bertz CT molecular complexity index is 1370. The van der Waals surface area contributed by atoms with E-state index in [2.05, 4.69) is 22.5 Å². The van der Waals surface area contributed by atoms with Gasteiger partial charge in [-0.15, -0.1) is 11.3 Å². The minimum absolute atomic E-state index is 0.0363. The minimum Gasteiger partial charge on any atom is -0.478 e. The van der Waals surface area contributed by atoms with Crippen LogP contribution in [0.3, 0.4) is 0 Å². The number of hydrogen-bond donors (Lipinski definition) is 1. The monoisotopic (exact) mass is 460 g/mol. The Labute approximate surface area is 195 Å². The SMILES string of the molecule is Cc1nc(Cn2c3c(c4cccnc42)CCN(C(=O)Cc2ccc(C(=O)O)cc2)C3)c(C)s1. The second kappa shape index (κ2) is 8.44. The zero-order valence-corrected chi connectivity index (χ0v) is 19.4. The van der Waals surface area contributed by atoms with Crippen LogP contribution >= 0.6 is 11.3 Å². The number of aromatic nitrogens is 3. The van der Waals surface area contributed by atoms with Crippen LogP contribution in [0.5, 0.6) is 0 Å². The van der Waals surface area contributed by atoms with Crippen molar-refractivity contribution in [1.29, 1.82) is 0 Å². The Kier molecular flexibility index (Phi) is 5.46. The highest BCUT2D eigenvalue weighted by molar-refractivity contribution is 7.11. The lowest BCUT2D eigenvalue weighted by Gasteiger charge is -2.28. The molecule has 33 heavy (non-hydrogen) atoms. The number of fused-ring (bicyclic) bond motifs is 3. The molecule has 8 heteroatoms. The Morgan fingerprint density at radius 2 is 1.94 bits per heavy atom. The van der Waals surface area contributed by atoms with Crippen LogP contribution in [-0.2, 0) is 30.7 Å². The highest BCUT2D eigenvalue weighted by Crippen LogP contribution is 2.31. The number of aryl methyl sites for hydroxylation is 2. The van der Waals surface area contributed by atoms with Crippen LogP contribution in [0.2, 0.25) is 0 Å². The molecule has 4 aromatic rings. The standard InChI is InChI=1S/C25H24N4O3S/c1-15-21(27-16(2)33-15)13-29-22-14-28(11-9-19(22)20-4-3-10-26-24(20)29)23(30)12-17-5-7-18(8-6-17)25(31)32/h3-8,10H,9,11-14H2,1-2H3,(H,31,32). The third-order valence-corrected chi connectivity index (χ3v) is 7.16. The lowest BCUT2D eigenvalue weighted by atomic mass is 10.0. The number of carboxylic acids is 1. The van der Waals surface area contributed by atoms with Gasteiger partial charge in [0, 0.05) is 28.7 Å². The number of nitrogens with zero attached hydrogens (tertiary/aromatic N) is 4. The summed E-state index contributed by atoms with van der Waals surface area (Å²) in [6.07, 6.45) is 2.84. The van der Waals surface area contributed by atoms with Crippen molar-refractivity contribution in [2.24, 2.45) is 0 Å². The first-order chi connectivity index (χ1) is 15.9. The summed E-state index contributed by atoms with van der Waals surface area (Å²) < 4.78 is 2.22. The van der Waals surface area contributed by atoms with E-state index in [1.54, 1.807) is 35.6 Å². The van der Waals surface area contributed by atoms with E-state index in [0.717, 1.165) is 39.4 Å². The molecule has 5 rings (SSSR count). The lowest BCUT2D eigenvalue weighted by molar-refractivity contribution is -0.131. The fourth-order valence-electron chi connectivity index (χ4n) is 4.56. The van der Waals surface area contributed by atoms with E-state index in [4.69, 9.17) is 10.1 Å². The molecule has 0 spiro atoms. The Morgan fingerprint density at radius 1 is 1.15 bits per heavy atom. The minimum atomic E-state index is -0.969. The number of benzene rings is 1. The number of amides is 1. The summed E-state index contributed by atoms with van der Waals surface area (Å²) in [6.45, 7) is 5.93. The van der Waals surface area contributed by atoms with Crippen LogP contribution < -0.4 is 0 Å². The van der Waals surface area contributed by atoms with Gasteiger partial charge in [-0.3, -0.25) is 4.79 Å². The van der Waals surface area contributed by atoms with Gasteiger partial charge in [-0.25, -0.2) is 14.8 Å². The quantitative estimate of drug-likeness (QED) is 0.487. The van der Waals surface area contributed by atoms with Gasteiger partial charge in [0.2, 0.25) is 5.91 Å². The van der Waals surface area contributed by atoms with E-state index in [1.807, 2.05) is 24.1 Å². The summed E-state index contributed by atoms with van der Waals surface area (Å²) >= 11 is 1.70. The zero-order valence-electron chi connectivity index (χ0n) is 18.5. The van der Waals surface area contributed by atoms with Gasteiger partial charge >= 0.3 is 5.97 Å². The molecule has 1 amide bonds. The number of carboxylic acid groups (broad SMARTS) is 1. The molecule has 1 aromatic carbocycles. The second-order valence-electron chi connectivity index (χ2n) is 8.37. The summed E-state index contributed by atoms with van der Waals surface area (Å²) in [7, 11) is 0. The second-order valence-corrected chi connectivity index (χ2v) is 9.77. The molecule has 0 bridgehead atoms. The summed E-state index contributed by atoms with van der Waals surface area (Å²) in [5.41, 5.74) is 5.40. The van der Waals surface area contributed by atoms with Crippen LogP contribution in [0.15, 0.2) is 42.6 Å². The fraction of sp³-hybridized carbons (Fsp3) is 0.280. The molecule has 0 radical (unpaired) electrons. The lowest BCUT2D eigenvalue weighted by Crippen LogP contribution is -2.37. The van der Waals surface area contributed by atoms with Crippen LogP contribution in [0.1, 0.15) is 42.8 Å². The predicted molar refractivity (Wildman–Crippen MR) is 127 cm³/mol. The van der Waals surface area contributed by atoms with Crippen LogP contribution in [-0.4, -0.2) is 43.0 Å². The normalized spacial score (nSPS) is 13.3. The zero-order chi connectivity index (χ0) is 23.1. The summed E-state index contributed by atoms with van der Waals surface area (Å²) in [5, 5.41) is 11.3. The van der Waals surface area contributed by atoms with Gasteiger partial charge in [0.15, 0.2) is 0 Å². The fourth-order valence-corrected chi connectivity index (χ4v) is 5.39. The molecule has 4 heterocycles. The molecular formula is C25H24N4O3S. The van der Waals surface area contributed by atoms with E-state index in [1.165, 1.54) is 10.4 Å². The van der Waals surface area contributed by atoms with Crippen molar-refractivity contribution in [3.8, 4) is 0 Å². The van der Waals surface area contributed by atoms with Gasteiger partial charge < -0.3 is 14.6 Å². The van der Waals surface area contributed by atoms with Gasteiger partial charge in [-0.1, -0.05) is 12.1 Å². The van der Waals surface area contributed by atoms with E-state index in [0.29, 0.717) is 19.6 Å². The van der Waals surface area contributed by atoms with Crippen molar-refractivity contribution < 1.29 is 14.7 Å². The summed E-state index contributed by atoms with van der Waals surface area (Å²) in [4.78, 5) is 36.7. The molecule has 0 aliphatic carbocycles. The molecule has 1 aliphatic rings. The van der Waals surface area contributed by atoms with E-state index < -0.39 is 5.97 Å². The van der Waals surface area contributed by atoms with Gasteiger partial charge in [-0.2, -0.15) is 0 Å². The number of rotatable bonds is 5. The summed E-state index contributed by atoms with van der Waals surface area (Å²) in [6, 6.07) is 10.6. The smallest absolute Gasteiger partial charge is 0.335 e. The number of aromatic carboxylic acids is 1. The first-order valence-corrected chi connectivity index (χ1v) is 11.7. The van der Waals surface area contributed by atoms with Gasteiger partial charge in [0.1, 0.15) is 5.65 Å². The molecule has 0 atom stereocenters. The van der Waals surface area contributed by atoms with Crippen molar-refractivity contribution in [3.63, 3.8) is 0 Å². The molecule has 0 saturated carbocycles. The third kappa shape index (κ3) is 4.02. The maximum absolute atomic E-state index is 13.1. The number of thiazole rings is 1. The molecule has 7 nitrogen and oxygen atoms in total. The molecule has 0 fully saturated rings. The maximum atomic E-state index is 13.1. The van der Waals surface area contributed by atoms with Crippen molar-refractivity contribution >= 4 is 34.2 Å². The molecule has 168 valence electrons. The highest BCUT2D eigenvalue weighted by Gasteiger charge is 2.27. The van der Waals surface area contributed by atoms with Crippen molar-refractivity contribution in [2.75, 3.05) is 6.54 Å². The molecule has 1 N–H and O–H groups in total. The van der Waals surface area contributed by atoms with Gasteiger partial charge in [-0.05, 0) is 55.7 Å². The largest absolute Gasteiger partial charge is 0.478 e. The molecule has 1 aliphatic heterocycles. The topological polar surface area (TPSA) is 88.3 Å². The van der Waals surface area contributed by atoms with Gasteiger partial charge in [0.05, 0.1) is 35.8 Å². The highest BCUT2D eigenvalue weighted by atomic mass is 32.1. The van der Waals surface area contributed by atoms with Crippen LogP contribution in [0.25, 0.3) is 11.0 Å². The predicted octanol–water partition coefficient (Wildman–Crippen LogP) is 3.98. The van der Waals surface area contributed by atoms with E-state index in [9.17, 15) is 9.59 Å². The Balaban J connectivity index is 1.43. The number of pyridine rings is 1. The van der Waals surface area contributed by atoms with Crippen LogP contribution in [0.4, 0.5) is 0 Å². The van der Waals surface area contributed by atoms with Crippen molar-refractivity contribution in [1.82, 2.24) is 19.4 Å². The van der Waals surface area contributed by atoms with Crippen molar-refractivity contribution in [2.45, 2.75) is 39.8 Å². The summed E-state index contributed by atoms with van der Waals surface area (Å²) in [5.74, 6) is -0.933. The average molecular weight is 461 g/mol. The first-order valence-electron chi connectivity index (χ1n) is 10.9. The van der Waals surface area contributed by atoms with Gasteiger partial charge in [0.25, 0.3) is 0 Å². The van der Waals surface area contributed by atoms with Crippen LogP contribution in [0, 0.1) is 13.8 Å². The molecule has 3 aromatic heterocycles. The maximum Gasteiger partial charge on any atom is 0.335 e. The number of carbonyl (C=O) groups excluding carboxylic acids is 1.